The second-order valence-electron chi connectivity index (χ2n) is 15.6. The van der Waals surface area contributed by atoms with E-state index in [4.69, 9.17) is 4.74 Å². The monoisotopic (exact) mass is 722 g/mol. The van der Waals surface area contributed by atoms with Crippen LogP contribution in [0.5, 0.6) is 5.75 Å². The zero-order valence-corrected chi connectivity index (χ0v) is 31.1. The van der Waals surface area contributed by atoms with E-state index in [2.05, 4.69) is 204 Å². The van der Waals surface area contributed by atoms with Crippen LogP contribution in [0.2, 0.25) is 0 Å². The highest BCUT2D eigenvalue weighted by Crippen LogP contribution is 2.47. The number of aromatic nitrogens is 1. The number of para-hydroxylation sites is 1. The lowest BCUT2D eigenvalue weighted by Crippen LogP contribution is -2.30. The lowest BCUT2D eigenvalue weighted by atomic mass is 9.76. The summed E-state index contributed by atoms with van der Waals surface area (Å²) in [6.07, 6.45) is 20.4. The standard InChI is InChI=1S/C53H42N2O/c1-3-14-35(15-4-1)47-33-41(34-48(54-47)36-16-5-2-6-17-36)38-19-11-18-37(30-38)39-28-29-50-46(32-39)44-22-7-9-25-49(44)55(50)42-21-12-20-40(31-42)43-24-13-27-52-53(43)45-23-8-10-26-51(45)56-52/h1-29,31-33,38,41,45,48,51,54H,30,34H2. The van der Waals surface area contributed by atoms with Crippen molar-refractivity contribution in [2.24, 2.45) is 11.8 Å². The van der Waals surface area contributed by atoms with Crippen LogP contribution in [-0.4, -0.2) is 10.7 Å². The van der Waals surface area contributed by atoms with Crippen molar-refractivity contribution in [3.63, 3.8) is 0 Å². The highest BCUT2D eigenvalue weighted by atomic mass is 16.5. The molecule has 2 aliphatic carbocycles. The maximum Gasteiger partial charge on any atom is 0.128 e. The third-order valence-corrected chi connectivity index (χ3v) is 12.4. The molecule has 4 aliphatic rings. The van der Waals surface area contributed by atoms with Crippen molar-refractivity contribution in [2.45, 2.75) is 30.9 Å². The molecule has 7 aromatic rings. The Morgan fingerprint density at radius 3 is 2.29 bits per heavy atom. The molecule has 1 aromatic heterocycles. The van der Waals surface area contributed by atoms with Crippen molar-refractivity contribution in [3.8, 4) is 22.6 Å². The van der Waals surface area contributed by atoms with Gasteiger partial charge < -0.3 is 14.6 Å². The zero-order valence-electron chi connectivity index (χ0n) is 31.1. The fourth-order valence-electron chi connectivity index (χ4n) is 9.67. The predicted octanol–water partition coefficient (Wildman–Crippen LogP) is 12.8. The normalized spacial score (nSPS) is 22.2. The molecule has 6 aromatic carbocycles. The number of rotatable bonds is 6. The minimum absolute atomic E-state index is 0.0602. The van der Waals surface area contributed by atoms with E-state index in [9.17, 15) is 0 Å². The van der Waals surface area contributed by atoms with Gasteiger partial charge in [-0.25, -0.2) is 0 Å². The van der Waals surface area contributed by atoms with E-state index in [0.717, 1.165) is 24.3 Å². The van der Waals surface area contributed by atoms with Crippen LogP contribution in [0, 0.1) is 11.8 Å². The van der Waals surface area contributed by atoms with Crippen molar-refractivity contribution in [1.29, 1.82) is 0 Å². The van der Waals surface area contributed by atoms with E-state index in [1.165, 1.54) is 66.5 Å². The lowest BCUT2D eigenvalue weighted by molar-refractivity contribution is 0.269. The zero-order chi connectivity index (χ0) is 37.0. The number of nitrogens with zero attached hydrogens (tertiary/aromatic N) is 1. The van der Waals surface area contributed by atoms with Gasteiger partial charge in [0.1, 0.15) is 11.9 Å². The molecule has 0 amide bonds. The molecule has 5 unspecified atom stereocenters. The molecule has 0 saturated carbocycles. The summed E-state index contributed by atoms with van der Waals surface area (Å²) in [6.45, 7) is 0. The number of allylic oxidation sites excluding steroid dienone is 7. The van der Waals surface area contributed by atoms with Crippen LogP contribution >= 0.6 is 0 Å². The number of benzene rings is 6. The molecule has 56 heavy (non-hydrogen) atoms. The first-order valence-electron chi connectivity index (χ1n) is 20.0. The summed E-state index contributed by atoms with van der Waals surface area (Å²) < 4.78 is 8.82. The Labute approximate surface area is 328 Å². The molecule has 0 radical (unpaired) electrons. The van der Waals surface area contributed by atoms with Crippen LogP contribution in [0.25, 0.3) is 49.9 Å². The van der Waals surface area contributed by atoms with Crippen LogP contribution in [-0.2, 0) is 0 Å². The third kappa shape index (κ3) is 5.66. The van der Waals surface area contributed by atoms with Crippen LogP contribution < -0.4 is 10.1 Å². The highest BCUT2D eigenvalue weighted by Gasteiger charge is 2.34. The molecule has 3 nitrogen and oxygen atoms in total. The Balaban J connectivity index is 0.938. The Hall–Kier alpha value is -6.58. The Morgan fingerprint density at radius 1 is 0.589 bits per heavy atom. The Bertz CT molecular complexity index is 2780. The topological polar surface area (TPSA) is 26.2 Å². The molecule has 2 aliphatic heterocycles. The molecule has 3 heterocycles. The van der Waals surface area contributed by atoms with E-state index in [0.29, 0.717) is 11.8 Å². The minimum atomic E-state index is 0.0602. The molecule has 0 fully saturated rings. The quantitative estimate of drug-likeness (QED) is 0.185. The van der Waals surface area contributed by atoms with E-state index in [-0.39, 0.29) is 18.1 Å². The molecule has 1 N–H and O–H groups in total. The summed E-state index contributed by atoms with van der Waals surface area (Å²) in [7, 11) is 0. The van der Waals surface area contributed by atoms with E-state index < -0.39 is 0 Å². The summed E-state index contributed by atoms with van der Waals surface area (Å²) in [5.41, 5.74) is 13.8. The maximum absolute atomic E-state index is 6.38. The Kier molecular flexibility index (Phi) is 7.98. The molecule has 0 spiro atoms. The van der Waals surface area contributed by atoms with Crippen molar-refractivity contribution in [2.75, 3.05) is 0 Å². The van der Waals surface area contributed by atoms with Gasteiger partial charge in [-0.3, -0.25) is 0 Å². The first-order chi connectivity index (χ1) is 27.7. The van der Waals surface area contributed by atoms with E-state index in [1.807, 2.05) is 0 Å². The van der Waals surface area contributed by atoms with Crippen LogP contribution in [0.15, 0.2) is 194 Å². The van der Waals surface area contributed by atoms with Gasteiger partial charge in [-0.15, -0.1) is 0 Å². The summed E-state index contributed by atoms with van der Waals surface area (Å²) in [5.74, 6) is 2.03. The first-order valence-corrected chi connectivity index (χ1v) is 20.0. The summed E-state index contributed by atoms with van der Waals surface area (Å²) in [6, 6.07) is 53.5. The van der Waals surface area contributed by atoms with Gasteiger partial charge in [0, 0.05) is 33.6 Å². The van der Waals surface area contributed by atoms with Gasteiger partial charge in [0.2, 0.25) is 0 Å². The van der Waals surface area contributed by atoms with Crippen LogP contribution in [0.1, 0.15) is 47.1 Å². The average molecular weight is 723 g/mol. The van der Waals surface area contributed by atoms with Gasteiger partial charge in [-0.05, 0) is 101 Å². The summed E-state index contributed by atoms with van der Waals surface area (Å²) >= 11 is 0. The van der Waals surface area contributed by atoms with Gasteiger partial charge >= 0.3 is 0 Å². The molecule has 0 bridgehead atoms. The molecule has 0 saturated heterocycles. The van der Waals surface area contributed by atoms with Crippen LogP contribution in [0.3, 0.4) is 0 Å². The SMILES string of the molecule is C1=CC(C2C=C(c3ccccc3)NC(c3ccccc3)C2)CC(c2ccc3c(c2)c2ccccc2n3-c2cccc(-c3cccc4c3C3C=CC=CC3O4)c2)=C1. The third-order valence-electron chi connectivity index (χ3n) is 12.4. The largest absolute Gasteiger partial charge is 0.485 e. The van der Waals surface area contributed by atoms with Gasteiger partial charge in [-0.1, -0.05) is 152 Å². The summed E-state index contributed by atoms with van der Waals surface area (Å²) in [4.78, 5) is 0. The van der Waals surface area contributed by atoms with Crippen molar-refractivity contribution >= 4 is 33.1 Å². The van der Waals surface area contributed by atoms with Crippen molar-refractivity contribution in [1.82, 2.24) is 9.88 Å². The predicted molar refractivity (Wildman–Crippen MR) is 232 cm³/mol. The van der Waals surface area contributed by atoms with Gasteiger partial charge in [-0.2, -0.15) is 0 Å². The number of nitrogens with one attached hydrogen (secondary N) is 1. The second kappa shape index (κ2) is 13.6. The molecule has 5 atom stereocenters. The lowest BCUT2D eigenvalue weighted by Gasteiger charge is -2.35. The number of hydrogen-bond acceptors (Lipinski definition) is 2. The molecule has 270 valence electrons. The minimum Gasteiger partial charge on any atom is -0.485 e. The first kappa shape index (κ1) is 32.8. The molecular formula is C53H42N2O. The fraction of sp³-hybridized carbons (Fsp3) is 0.132. The molecule has 3 heteroatoms. The van der Waals surface area contributed by atoms with E-state index >= 15 is 0 Å². The molecule has 11 rings (SSSR count). The fourth-order valence-corrected chi connectivity index (χ4v) is 9.67. The number of hydrogen-bond donors (Lipinski definition) is 1. The van der Waals surface area contributed by atoms with Crippen molar-refractivity contribution in [3.05, 3.63) is 216 Å². The highest BCUT2D eigenvalue weighted by molar-refractivity contribution is 6.10. The van der Waals surface area contributed by atoms with Crippen molar-refractivity contribution < 1.29 is 4.74 Å². The maximum atomic E-state index is 6.38. The smallest absolute Gasteiger partial charge is 0.128 e. The molecular weight excluding hydrogens is 681 g/mol. The Morgan fingerprint density at radius 2 is 1.38 bits per heavy atom. The summed E-state index contributed by atoms with van der Waals surface area (Å²) in [5, 5.41) is 6.45. The van der Waals surface area contributed by atoms with Crippen LogP contribution in [0.4, 0.5) is 0 Å². The van der Waals surface area contributed by atoms with Gasteiger partial charge in [0.25, 0.3) is 0 Å². The van der Waals surface area contributed by atoms with E-state index in [1.54, 1.807) is 0 Å². The number of fused-ring (bicyclic) bond motifs is 6. The second-order valence-corrected chi connectivity index (χ2v) is 15.6. The number of ether oxygens (including phenoxy) is 1. The average Bonchev–Trinajstić information content (AvgIpc) is 3.83. The van der Waals surface area contributed by atoms with Gasteiger partial charge in [0.05, 0.1) is 17.1 Å². The van der Waals surface area contributed by atoms with Gasteiger partial charge in [0.15, 0.2) is 0 Å².